The van der Waals surface area contributed by atoms with Gasteiger partial charge in [0.1, 0.15) is 5.76 Å². The molecule has 4 heteroatoms. The summed E-state index contributed by atoms with van der Waals surface area (Å²) in [6.07, 6.45) is 8.54. The van der Waals surface area contributed by atoms with Gasteiger partial charge in [-0.05, 0) is 50.7 Å². The maximum Gasteiger partial charge on any atom is 0.241 e. The van der Waals surface area contributed by atoms with Crippen LogP contribution < -0.4 is 11.1 Å². The molecule has 1 amide bonds. The number of hydrogen-bond donors (Lipinski definition) is 2. The van der Waals surface area contributed by atoms with E-state index in [9.17, 15) is 4.79 Å². The first-order valence-corrected chi connectivity index (χ1v) is 7.74. The summed E-state index contributed by atoms with van der Waals surface area (Å²) in [7, 11) is 0. The number of furan rings is 1. The van der Waals surface area contributed by atoms with E-state index in [4.69, 9.17) is 10.2 Å². The van der Waals surface area contributed by atoms with E-state index in [1.165, 1.54) is 0 Å². The second-order valence-corrected chi connectivity index (χ2v) is 5.94. The van der Waals surface area contributed by atoms with Gasteiger partial charge in [0.05, 0.1) is 12.3 Å². The van der Waals surface area contributed by atoms with Crippen LogP contribution in [0.25, 0.3) is 0 Å². The van der Waals surface area contributed by atoms with Crippen LogP contribution in [0, 0.1) is 5.92 Å². The van der Waals surface area contributed by atoms with Crippen LogP contribution in [0.15, 0.2) is 34.6 Å². The molecule has 0 aromatic carbocycles. The summed E-state index contributed by atoms with van der Waals surface area (Å²) in [4.78, 5) is 11.8. The third-order valence-electron chi connectivity index (χ3n) is 3.29. The van der Waals surface area contributed by atoms with Crippen LogP contribution in [0.1, 0.15) is 52.2 Å². The minimum atomic E-state index is -0.424. The molecular formula is C17H28N2O2. The molecule has 0 fully saturated rings. The van der Waals surface area contributed by atoms with Gasteiger partial charge in [-0.15, -0.1) is 0 Å². The van der Waals surface area contributed by atoms with Crippen LogP contribution in [0.2, 0.25) is 0 Å². The first-order chi connectivity index (χ1) is 9.99. The molecule has 0 aliphatic heterocycles. The fraction of sp³-hybridized carbons (Fsp3) is 0.588. The minimum Gasteiger partial charge on any atom is -0.469 e. The van der Waals surface area contributed by atoms with Gasteiger partial charge in [0.25, 0.3) is 0 Å². The van der Waals surface area contributed by atoms with Crippen molar-refractivity contribution in [1.82, 2.24) is 5.32 Å². The van der Waals surface area contributed by atoms with Gasteiger partial charge in [-0.2, -0.15) is 0 Å². The average molecular weight is 292 g/mol. The van der Waals surface area contributed by atoms with Crippen molar-refractivity contribution in [2.24, 2.45) is 11.7 Å². The summed E-state index contributed by atoms with van der Waals surface area (Å²) in [6.45, 7) is 6.04. The van der Waals surface area contributed by atoms with Crippen molar-refractivity contribution in [2.75, 3.05) is 0 Å². The topological polar surface area (TPSA) is 68.3 Å². The average Bonchev–Trinajstić information content (AvgIpc) is 2.90. The van der Waals surface area contributed by atoms with Gasteiger partial charge in [0.15, 0.2) is 0 Å². The summed E-state index contributed by atoms with van der Waals surface area (Å²) >= 11 is 0. The van der Waals surface area contributed by atoms with E-state index in [1.54, 1.807) is 6.26 Å². The Labute approximate surface area is 127 Å². The first-order valence-electron chi connectivity index (χ1n) is 7.74. The van der Waals surface area contributed by atoms with Crippen molar-refractivity contribution in [3.05, 3.63) is 35.9 Å². The lowest BCUT2D eigenvalue weighted by Crippen LogP contribution is -2.40. The van der Waals surface area contributed by atoms with E-state index in [0.717, 1.165) is 37.1 Å². The van der Waals surface area contributed by atoms with Gasteiger partial charge in [-0.1, -0.05) is 19.9 Å². The minimum absolute atomic E-state index is 0.0898. The Balaban J connectivity index is 2.18. The number of carbonyl (C=O) groups is 1. The number of hydrogen-bond acceptors (Lipinski definition) is 3. The number of nitrogens with one attached hydrogen (secondary N) is 1. The van der Waals surface area contributed by atoms with Crippen molar-refractivity contribution < 1.29 is 9.21 Å². The molecule has 0 saturated carbocycles. The highest BCUT2D eigenvalue weighted by atomic mass is 16.3. The second kappa shape index (κ2) is 9.40. The number of unbranched alkanes of at least 4 members (excludes halogenated alkanes) is 2. The van der Waals surface area contributed by atoms with Crippen molar-refractivity contribution in [2.45, 2.75) is 58.9 Å². The Morgan fingerprint density at radius 3 is 2.81 bits per heavy atom. The van der Waals surface area contributed by atoms with Crippen LogP contribution in [-0.2, 0) is 11.2 Å². The Hall–Kier alpha value is -1.55. The highest BCUT2D eigenvalue weighted by Crippen LogP contribution is 2.08. The fourth-order valence-electron chi connectivity index (χ4n) is 2.17. The summed E-state index contributed by atoms with van der Waals surface area (Å²) < 4.78 is 5.29. The molecule has 1 rings (SSSR count). The lowest BCUT2D eigenvalue weighted by atomic mass is 10.0. The molecule has 1 heterocycles. The SMILES string of the molecule is C/C(=C/CCCCc1ccco1)NC(=O)[C@@H](N)CC(C)C. The molecule has 0 unspecified atom stereocenters. The Morgan fingerprint density at radius 1 is 1.43 bits per heavy atom. The molecule has 0 saturated heterocycles. The van der Waals surface area contributed by atoms with Crippen LogP contribution in [0.4, 0.5) is 0 Å². The van der Waals surface area contributed by atoms with Crippen LogP contribution in [0.5, 0.6) is 0 Å². The summed E-state index contributed by atoms with van der Waals surface area (Å²) in [5, 5.41) is 2.87. The van der Waals surface area contributed by atoms with Crippen molar-refractivity contribution >= 4 is 5.91 Å². The zero-order chi connectivity index (χ0) is 15.7. The molecule has 4 nitrogen and oxygen atoms in total. The van der Waals surface area contributed by atoms with Gasteiger partial charge in [0.2, 0.25) is 5.91 Å². The quantitative estimate of drug-likeness (QED) is 0.685. The number of allylic oxidation sites excluding steroid dienone is 2. The zero-order valence-corrected chi connectivity index (χ0v) is 13.4. The largest absolute Gasteiger partial charge is 0.469 e. The van der Waals surface area contributed by atoms with Crippen molar-refractivity contribution in [3.8, 4) is 0 Å². The van der Waals surface area contributed by atoms with Gasteiger partial charge >= 0.3 is 0 Å². The molecule has 3 N–H and O–H groups in total. The number of aryl methyl sites for hydroxylation is 1. The number of amides is 1. The van der Waals surface area contributed by atoms with Gasteiger partial charge in [-0.3, -0.25) is 4.79 Å². The summed E-state index contributed by atoms with van der Waals surface area (Å²) in [6, 6.07) is 3.49. The molecule has 0 spiro atoms. The van der Waals surface area contributed by atoms with E-state index < -0.39 is 6.04 Å². The number of nitrogens with two attached hydrogens (primary N) is 1. The summed E-state index contributed by atoms with van der Waals surface area (Å²) in [5.41, 5.74) is 6.73. The molecule has 0 aliphatic carbocycles. The lowest BCUT2D eigenvalue weighted by molar-refractivity contribution is -0.121. The van der Waals surface area contributed by atoms with Gasteiger partial charge in [-0.25, -0.2) is 0 Å². The lowest BCUT2D eigenvalue weighted by Gasteiger charge is -2.14. The Morgan fingerprint density at radius 2 is 2.19 bits per heavy atom. The zero-order valence-electron chi connectivity index (χ0n) is 13.4. The van der Waals surface area contributed by atoms with E-state index in [1.807, 2.05) is 19.1 Å². The number of rotatable bonds is 9. The molecule has 118 valence electrons. The smallest absolute Gasteiger partial charge is 0.241 e. The first kappa shape index (κ1) is 17.5. The van der Waals surface area contributed by atoms with Crippen LogP contribution in [-0.4, -0.2) is 11.9 Å². The fourth-order valence-corrected chi connectivity index (χ4v) is 2.17. The Kier molecular flexibility index (Phi) is 7.83. The van der Waals surface area contributed by atoms with Gasteiger partial charge < -0.3 is 15.5 Å². The molecule has 1 atom stereocenters. The van der Waals surface area contributed by atoms with Crippen molar-refractivity contribution in [1.29, 1.82) is 0 Å². The molecule has 0 radical (unpaired) electrons. The highest BCUT2D eigenvalue weighted by molar-refractivity contribution is 5.82. The van der Waals surface area contributed by atoms with Crippen molar-refractivity contribution in [3.63, 3.8) is 0 Å². The molecule has 1 aromatic rings. The molecule has 0 bridgehead atoms. The monoisotopic (exact) mass is 292 g/mol. The second-order valence-electron chi connectivity index (χ2n) is 5.94. The normalized spacial score (nSPS) is 13.5. The third kappa shape index (κ3) is 7.71. The van der Waals surface area contributed by atoms with Crippen LogP contribution >= 0.6 is 0 Å². The van der Waals surface area contributed by atoms with Crippen LogP contribution in [0.3, 0.4) is 0 Å². The standard InChI is InChI=1S/C17H28N2O2/c1-13(2)12-16(18)17(20)19-14(3)8-5-4-6-9-15-10-7-11-21-15/h7-8,10-11,13,16H,4-6,9,12,18H2,1-3H3,(H,19,20)/b14-8-/t16-/m0/s1. The van der Waals surface area contributed by atoms with E-state index in [0.29, 0.717) is 12.3 Å². The maximum atomic E-state index is 11.8. The van der Waals surface area contributed by atoms with E-state index in [-0.39, 0.29) is 5.91 Å². The maximum absolute atomic E-state index is 11.8. The predicted octanol–water partition coefficient (Wildman–Crippen LogP) is 3.39. The summed E-state index contributed by atoms with van der Waals surface area (Å²) in [5.74, 6) is 1.37. The molecule has 21 heavy (non-hydrogen) atoms. The molecule has 1 aromatic heterocycles. The molecular weight excluding hydrogens is 264 g/mol. The van der Waals surface area contributed by atoms with E-state index in [2.05, 4.69) is 25.2 Å². The number of carbonyl (C=O) groups excluding carboxylic acids is 1. The highest BCUT2D eigenvalue weighted by Gasteiger charge is 2.14. The Bertz CT molecular complexity index is 436. The predicted molar refractivity (Wildman–Crippen MR) is 85.6 cm³/mol. The van der Waals surface area contributed by atoms with E-state index >= 15 is 0 Å². The molecule has 0 aliphatic rings. The third-order valence-corrected chi connectivity index (χ3v) is 3.29. The van der Waals surface area contributed by atoms with Gasteiger partial charge in [0, 0.05) is 12.1 Å².